The van der Waals surface area contributed by atoms with Crippen molar-refractivity contribution >= 4 is 18.0 Å². The van der Waals surface area contributed by atoms with Gasteiger partial charge in [-0.15, -0.1) is 0 Å². The number of likely N-dealkylation sites (tertiary alicyclic amines) is 1. The summed E-state index contributed by atoms with van der Waals surface area (Å²) in [6, 6.07) is 0.0706. The predicted molar refractivity (Wildman–Crippen MR) is 220 cm³/mol. The number of ether oxygens (including phenoxy) is 3. The summed E-state index contributed by atoms with van der Waals surface area (Å²) in [5.41, 5.74) is 0. The molecule has 0 aliphatic carbocycles. The fourth-order valence-corrected chi connectivity index (χ4v) is 7.20. The van der Waals surface area contributed by atoms with Crippen LogP contribution in [0, 0.1) is 0 Å². The summed E-state index contributed by atoms with van der Waals surface area (Å²) in [6.45, 7) is 8.97. The standard InChI is InChI=1S/C45H86N2O6/c1-4-7-9-11-13-15-17-19-21-23-25-27-29-31-33-35-43(48)51-39-42(40-52-45(50)46-41-37-47(6-3)38-41)53-44(49)36-34-32-30-28-26-24-22-20-18-16-14-12-10-8-5-2/h41-42H,4-40H2,1-3H3,(H,46,50). The molecule has 0 bridgehead atoms. The minimum Gasteiger partial charge on any atom is -0.462 e. The largest absolute Gasteiger partial charge is 0.462 e. The lowest BCUT2D eigenvalue weighted by atomic mass is 10.0. The SMILES string of the molecule is CCCCCCCCCCCCCCCCCC(=O)OCC(COC(=O)NC1CN(CC)C1)OC(=O)CCCCCCCCCCCCCCCCC. The van der Waals surface area contributed by atoms with Crippen molar-refractivity contribution in [1.82, 2.24) is 10.2 Å². The molecular weight excluding hydrogens is 665 g/mol. The Morgan fingerprint density at radius 1 is 0.491 bits per heavy atom. The Bertz CT molecular complexity index is 849. The van der Waals surface area contributed by atoms with Crippen molar-refractivity contribution < 1.29 is 28.6 Å². The highest BCUT2D eigenvalue weighted by molar-refractivity contribution is 5.70. The highest BCUT2D eigenvalue weighted by atomic mass is 16.6. The maximum atomic E-state index is 12.7. The monoisotopic (exact) mass is 751 g/mol. The summed E-state index contributed by atoms with van der Waals surface area (Å²) in [7, 11) is 0. The molecule has 0 aromatic carbocycles. The van der Waals surface area contributed by atoms with Crippen LogP contribution in [0.25, 0.3) is 0 Å². The molecule has 1 amide bonds. The number of unbranched alkanes of at least 4 members (excludes halogenated alkanes) is 28. The molecule has 1 heterocycles. The third-order valence-corrected chi connectivity index (χ3v) is 10.8. The fraction of sp³-hybridized carbons (Fsp3) is 0.933. The number of esters is 2. The molecule has 1 atom stereocenters. The first kappa shape index (κ1) is 49.2. The number of rotatable bonds is 39. The second-order valence-electron chi connectivity index (χ2n) is 16.0. The van der Waals surface area contributed by atoms with Crippen molar-refractivity contribution in [2.45, 2.75) is 238 Å². The van der Waals surface area contributed by atoms with Gasteiger partial charge in [0.15, 0.2) is 6.10 Å². The Hall–Kier alpha value is -1.83. The van der Waals surface area contributed by atoms with Crippen LogP contribution in [0.5, 0.6) is 0 Å². The smallest absolute Gasteiger partial charge is 0.407 e. The van der Waals surface area contributed by atoms with Gasteiger partial charge in [-0.05, 0) is 19.4 Å². The molecule has 1 aliphatic heterocycles. The molecule has 8 heteroatoms. The van der Waals surface area contributed by atoms with Gasteiger partial charge < -0.3 is 19.5 Å². The van der Waals surface area contributed by atoms with E-state index in [2.05, 4.69) is 31.0 Å². The highest BCUT2D eigenvalue weighted by Gasteiger charge is 2.27. The van der Waals surface area contributed by atoms with E-state index in [9.17, 15) is 14.4 Å². The zero-order chi connectivity index (χ0) is 38.5. The van der Waals surface area contributed by atoms with E-state index >= 15 is 0 Å². The summed E-state index contributed by atoms with van der Waals surface area (Å²) < 4.78 is 16.5. The van der Waals surface area contributed by atoms with Crippen molar-refractivity contribution in [3.63, 3.8) is 0 Å². The Balaban J connectivity index is 2.18. The van der Waals surface area contributed by atoms with Crippen molar-refractivity contribution in [3.8, 4) is 0 Å². The van der Waals surface area contributed by atoms with Gasteiger partial charge in [0.2, 0.25) is 0 Å². The van der Waals surface area contributed by atoms with Gasteiger partial charge in [-0.2, -0.15) is 0 Å². The van der Waals surface area contributed by atoms with Gasteiger partial charge in [-0.1, -0.05) is 201 Å². The second kappa shape index (κ2) is 37.1. The number of nitrogens with one attached hydrogen (secondary N) is 1. The Morgan fingerprint density at radius 3 is 1.21 bits per heavy atom. The van der Waals surface area contributed by atoms with E-state index in [1.54, 1.807) is 0 Å². The molecule has 8 nitrogen and oxygen atoms in total. The van der Waals surface area contributed by atoms with Crippen LogP contribution >= 0.6 is 0 Å². The average molecular weight is 751 g/mol. The maximum absolute atomic E-state index is 12.7. The van der Waals surface area contributed by atoms with Crippen molar-refractivity contribution in [2.24, 2.45) is 0 Å². The lowest BCUT2D eigenvalue weighted by molar-refractivity contribution is -0.161. The maximum Gasteiger partial charge on any atom is 0.407 e. The molecular formula is C45H86N2O6. The number of hydrogen-bond donors (Lipinski definition) is 1. The number of carbonyl (C=O) groups excluding carboxylic acids is 3. The molecule has 1 unspecified atom stereocenters. The zero-order valence-corrected chi connectivity index (χ0v) is 35.2. The van der Waals surface area contributed by atoms with Gasteiger partial charge in [0, 0.05) is 25.9 Å². The summed E-state index contributed by atoms with van der Waals surface area (Å²) in [6.07, 6.45) is 37.6. The molecule has 0 aromatic rings. The number of hydrogen-bond acceptors (Lipinski definition) is 7. The molecule has 0 saturated carbocycles. The van der Waals surface area contributed by atoms with Crippen molar-refractivity contribution in [1.29, 1.82) is 0 Å². The molecule has 53 heavy (non-hydrogen) atoms. The molecule has 312 valence electrons. The normalized spacial score (nSPS) is 13.8. The minimum absolute atomic E-state index is 0.0706. The Kier molecular flexibility index (Phi) is 34.4. The molecule has 0 aromatic heterocycles. The van der Waals surface area contributed by atoms with Crippen LogP contribution in [0.3, 0.4) is 0 Å². The van der Waals surface area contributed by atoms with Crippen molar-refractivity contribution in [2.75, 3.05) is 32.8 Å². The molecule has 1 N–H and O–H groups in total. The number of likely N-dealkylation sites (N-methyl/N-ethyl adjacent to an activating group) is 1. The summed E-state index contributed by atoms with van der Waals surface area (Å²) in [5.74, 6) is -0.619. The van der Waals surface area contributed by atoms with Crippen LogP contribution in [0.1, 0.15) is 226 Å². The summed E-state index contributed by atoms with van der Waals surface area (Å²) in [4.78, 5) is 39.8. The van der Waals surface area contributed by atoms with Crippen molar-refractivity contribution in [3.05, 3.63) is 0 Å². The zero-order valence-electron chi connectivity index (χ0n) is 35.2. The molecule has 1 saturated heterocycles. The summed E-state index contributed by atoms with van der Waals surface area (Å²) >= 11 is 0. The quantitative estimate of drug-likeness (QED) is 0.0380. The van der Waals surface area contributed by atoms with Crippen LogP contribution in [0.4, 0.5) is 4.79 Å². The average Bonchev–Trinajstić information content (AvgIpc) is 3.13. The second-order valence-corrected chi connectivity index (χ2v) is 16.0. The lowest BCUT2D eigenvalue weighted by Crippen LogP contribution is -2.59. The predicted octanol–water partition coefficient (Wildman–Crippen LogP) is 12.4. The number of nitrogens with zero attached hydrogens (tertiary/aromatic N) is 1. The fourth-order valence-electron chi connectivity index (χ4n) is 7.20. The third-order valence-electron chi connectivity index (χ3n) is 10.8. The van der Waals surface area contributed by atoms with Crippen LogP contribution in [0.2, 0.25) is 0 Å². The van der Waals surface area contributed by atoms with Gasteiger partial charge in [0.1, 0.15) is 13.2 Å². The molecule has 0 spiro atoms. The Morgan fingerprint density at radius 2 is 0.830 bits per heavy atom. The molecule has 0 radical (unpaired) electrons. The van der Waals surface area contributed by atoms with Crippen LogP contribution in [-0.4, -0.2) is 67.9 Å². The third kappa shape index (κ3) is 32.2. The van der Waals surface area contributed by atoms with Crippen LogP contribution in [0.15, 0.2) is 0 Å². The minimum atomic E-state index is -0.803. The number of amides is 1. The van der Waals surface area contributed by atoms with Gasteiger partial charge in [0.25, 0.3) is 0 Å². The van der Waals surface area contributed by atoms with E-state index < -0.39 is 12.2 Å². The highest BCUT2D eigenvalue weighted by Crippen LogP contribution is 2.16. The number of carbonyl (C=O) groups is 3. The Labute approximate surface area is 327 Å². The van der Waals surface area contributed by atoms with E-state index in [0.29, 0.717) is 12.8 Å². The van der Waals surface area contributed by atoms with E-state index in [0.717, 1.165) is 58.2 Å². The van der Waals surface area contributed by atoms with E-state index in [-0.39, 0.29) is 31.2 Å². The first-order chi connectivity index (χ1) is 26.0. The van der Waals surface area contributed by atoms with Gasteiger partial charge in [-0.3, -0.25) is 14.5 Å². The number of alkyl carbamates (subject to hydrolysis) is 1. The van der Waals surface area contributed by atoms with Crippen LogP contribution < -0.4 is 5.32 Å². The first-order valence-corrected chi connectivity index (χ1v) is 23.0. The van der Waals surface area contributed by atoms with E-state index in [4.69, 9.17) is 14.2 Å². The lowest BCUT2D eigenvalue weighted by Gasteiger charge is -2.38. The summed E-state index contributed by atoms with van der Waals surface area (Å²) in [5, 5.41) is 2.86. The van der Waals surface area contributed by atoms with Gasteiger partial charge >= 0.3 is 18.0 Å². The topological polar surface area (TPSA) is 94.2 Å². The van der Waals surface area contributed by atoms with Crippen LogP contribution in [-0.2, 0) is 23.8 Å². The molecule has 1 rings (SSSR count). The van der Waals surface area contributed by atoms with Gasteiger partial charge in [0.05, 0.1) is 6.04 Å². The molecule has 1 aliphatic rings. The van der Waals surface area contributed by atoms with E-state index in [1.807, 2.05) is 0 Å². The first-order valence-electron chi connectivity index (χ1n) is 23.0. The molecule has 1 fully saturated rings. The van der Waals surface area contributed by atoms with E-state index in [1.165, 1.54) is 154 Å². The van der Waals surface area contributed by atoms with Gasteiger partial charge in [-0.25, -0.2) is 4.79 Å².